The van der Waals surface area contributed by atoms with Crippen molar-refractivity contribution < 1.29 is 8.83 Å². The third-order valence-electron chi connectivity index (χ3n) is 9.45. The molecule has 0 unspecified atom stereocenters. The van der Waals surface area contributed by atoms with Gasteiger partial charge in [-0.1, -0.05) is 115 Å². The molecular formula is C44H27NO2. The van der Waals surface area contributed by atoms with E-state index in [9.17, 15) is 0 Å². The molecule has 220 valence electrons. The summed E-state index contributed by atoms with van der Waals surface area (Å²) in [6.07, 6.45) is 0. The first-order valence-electron chi connectivity index (χ1n) is 15.9. The van der Waals surface area contributed by atoms with Crippen molar-refractivity contribution in [1.29, 1.82) is 0 Å². The average molecular weight is 602 g/mol. The minimum absolute atomic E-state index is 0.869. The summed E-state index contributed by atoms with van der Waals surface area (Å²) in [4.78, 5) is 2.40. The van der Waals surface area contributed by atoms with Gasteiger partial charge in [0, 0.05) is 27.2 Å². The zero-order chi connectivity index (χ0) is 30.9. The molecular weight excluding hydrogens is 574 g/mol. The van der Waals surface area contributed by atoms with Crippen LogP contribution in [0.3, 0.4) is 0 Å². The highest BCUT2D eigenvalue weighted by Gasteiger charge is 2.22. The zero-order valence-electron chi connectivity index (χ0n) is 25.4. The van der Waals surface area contributed by atoms with Crippen LogP contribution in [-0.2, 0) is 0 Å². The number of rotatable bonds is 4. The van der Waals surface area contributed by atoms with Crippen molar-refractivity contribution in [2.75, 3.05) is 4.90 Å². The monoisotopic (exact) mass is 601 g/mol. The van der Waals surface area contributed by atoms with Crippen molar-refractivity contribution in [2.24, 2.45) is 0 Å². The Balaban J connectivity index is 1.24. The van der Waals surface area contributed by atoms with Gasteiger partial charge >= 0.3 is 0 Å². The third kappa shape index (κ3) is 3.93. The van der Waals surface area contributed by atoms with E-state index in [1.165, 1.54) is 21.5 Å². The first kappa shape index (κ1) is 26.0. The van der Waals surface area contributed by atoms with E-state index < -0.39 is 0 Å². The van der Waals surface area contributed by atoms with Crippen molar-refractivity contribution in [3.05, 3.63) is 164 Å². The summed E-state index contributed by atoms with van der Waals surface area (Å²) in [5, 5.41) is 9.33. The minimum Gasteiger partial charge on any atom is -0.456 e. The van der Waals surface area contributed by atoms with Crippen LogP contribution in [0.1, 0.15) is 0 Å². The molecule has 0 atom stereocenters. The lowest BCUT2D eigenvalue weighted by molar-refractivity contribution is 0.668. The number of fused-ring (bicyclic) bond motifs is 9. The second-order valence-corrected chi connectivity index (χ2v) is 12.1. The van der Waals surface area contributed by atoms with Gasteiger partial charge in [0.25, 0.3) is 0 Å². The second kappa shape index (κ2) is 10.1. The number of furan rings is 2. The van der Waals surface area contributed by atoms with E-state index >= 15 is 0 Å². The van der Waals surface area contributed by atoms with E-state index in [0.717, 1.165) is 72.1 Å². The van der Waals surface area contributed by atoms with Gasteiger partial charge in [-0.05, 0) is 75.8 Å². The van der Waals surface area contributed by atoms with Crippen LogP contribution in [-0.4, -0.2) is 0 Å². The van der Waals surface area contributed by atoms with E-state index in [-0.39, 0.29) is 0 Å². The number of para-hydroxylation sites is 2. The molecule has 3 nitrogen and oxygen atoms in total. The highest BCUT2D eigenvalue weighted by molar-refractivity contribution is 6.18. The topological polar surface area (TPSA) is 29.5 Å². The lowest BCUT2D eigenvalue weighted by Crippen LogP contribution is -2.11. The van der Waals surface area contributed by atoms with E-state index in [1.807, 2.05) is 24.3 Å². The van der Waals surface area contributed by atoms with E-state index in [2.05, 4.69) is 144 Å². The summed E-state index contributed by atoms with van der Waals surface area (Å²) in [6.45, 7) is 0. The molecule has 2 aromatic heterocycles. The maximum Gasteiger partial charge on any atom is 0.137 e. The van der Waals surface area contributed by atoms with Crippen molar-refractivity contribution >= 4 is 82.5 Å². The molecule has 0 N–H and O–H groups in total. The Labute approximate surface area is 270 Å². The summed E-state index contributed by atoms with van der Waals surface area (Å²) in [5.41, 5.74) is 9.11. The van der Waals surface area contributed by atoms with Gasteiger partial charge in [0.1, 0.15) is 22.3 Å². The summed E-state index contributed by atoms with van der Waals surface area (Å²) in [6, 6.07) is 57.9. The minimum atomic E-state index is 0.869. The van der Waals surface area contributed by atoms with E-state index in [4.69, 9.17) is 8.83 Å². The summed E-state index contributed by atoms with van der Waals surface area (Å²) in [5.74, 6) is 0. The molecule has 0 radical (unpaired) electrons. The van der Waals surface area contributed by atoms with Gasteiger partial charge in [-0.3, -0.25) is 0 Å². The Morgan fingerprint density at radius 3 is 1.66 bits per heavy atom. The van der Waals surface area contributed by atoms with Crippen LogP contribution in [0.25, 0.3) is 76.5 Å². The van der Waals surface area contributed by atoms with Crippen molar-refractivity contribution in [2.45, 2.75) is 0 Å². The van der Waals surface area contributed by atoms with Crippen LogP contribution in [0.2, 0.25) is 0 Å². The highest BCUT2D eigenvalue weighted by atomic mass is 16.3. The van der Waals surface area contributed by atoms with Gasteiger partial charge in [0.15, 0.2) is 0 Å². The van der Waals surface area contributed by atoms with Crippen LogP contribution in [0, 0.1) is 0 Å². The Hall–Kier alpha value is -6.32. The van der Waals surface area contributed by atoms with Crippen molar-refractivity contribution in [1.82, 2.24) is 0 Å². The lowest BCUT2D eigenvalue weighted by atomic mass is 9.97. The third-order valence-corrected chi connectivity index (χ3v) is 9.45. The van der Waals surface area contributed by atoms with Gasteiger partial charge in [-0.2, -0.15) is 0 Å². The van der Waals surface area contributed by atoms with Gasteiger partial charge in [-0.15, -0.1) is 0 Å². The largest absolute Gasteiger partial charge is 0.456 e. The van der Waals surface area contributed by atoms with Crippen LogP contribution in [0.5, 0.6) is 0 Å². The molecule has 2 heterocycles. The molecule has 0 saturated carbocycles. The van der Waals surface area contributed by atoms with Crippen LogP contribution in [0.4, 0.5) is 17.1 Å². The predicted molar refractivity (Wildman–Crippen MR) is 196 cm³/mol. The van der Waals surface area contributed by atoms with Gasteiger partial charge in [0.05, 0.1) is 16.8 Å². The normalized spacial score (nSPS) is 11.8. The Kier molecular flexibility index (Phi) is 5.57. The molecule has 0 amide bonds. The quantitative estimate of drug-likeness (QED) is 0.188. The molecule has 0 spiro atoms. The molecule has 47 heavy (non-hydrogen) atoms. The molecule has 10 rings (SSSR count). The first-order chi connectivity index (χ1) is 23.3. The second-order valence-electron chi connectivity index (χ2n) is 12.1. The summed E-state index contributed by atoms with van der Waals surface area (Å²) in [7, 11) is 0. The molecule has 0 bridgehead atoms. The molecule has 0 aliphatic rings. The van der Waals surface area contributed by atoms with E-state index in [0.29, 0.717) is 0 Å². The number of anilines is 3. The SMILES string of the molecule is c1ccc2c(c1)cc(N(c1ccc(-c3cccc4oc5ccccc5c34)cc1)c1cccc3oc4ccccc4c13)c1ccccc12. The fourth-order valence-electron chi connectivity index (χ4n) is 7.38. The first-order valence-corrected chi connectivity index (χ1v) is 15.9. The fourth-order valence-corrected chi connectivity index (χ4v) is 7.38. The van der Waals surface area contributed by atoms with Gasteiger partial charge in [-0.25, -0.2) is 0 Å². The number of hydrogen-bond acceptors (Lipinski definition) is 3. The summed E-state index contributed by atoms with van der Waals surface area (Å²) < 4.78 is 12.6. The van der Waals surface area contributed by atoms with E-state index in [1.54, 1.807) is 0 Å². The standard InChI is InChI=1S/C44H27NO2/c1-2-12-31-29(11-1)27-38(34-14-4-3-13-33(31)34)45(37-18-10-22-42-44(37)36-16-6-8-20-40(36)47-42)30-25-23-28(24-26-30)32-17-9-21-41-43(32)35-15-5-7-19-39(35)46-41/h1-27H. The van der Waals surface area contributed by atoms with Gasteiger partial charge in [0.2, 0.25) is 0 Å². The molecule has 8 aromatic carbocycles. The van der Waals surface area contributed by atoms with Crippen LogP contribution in [0.15, 0.2) is 173 Å². The fraction of sp³-hybridized carbons (Fsp3) is 0. The smallest absolute Gasteiger partial charge is 0.137 e. The molecule has 10 aromatic rings. The zero-order valence-corrected chi connectivity index (χ0v) is 25.4. The lowest BCUT2D eigenvalue weighted by Gasteiger charge is -2.28. The van der Waals surface area contributed by atoms with Gasteiger partial charge < -0.3 is 13.7 Å². The number of benzene rings is 8. The predicted octanol–water partition coefficient (Wildman–Crippen LogP) is 12.9. The Morgan fingerprint density at radius 2 is 0.915 bits per heavy atom. The van der Waals surface area contributed by atoms with Crippen LogP contribution >= 0.6 is 0 Å². The Bertz CT molecular complexity index is 2800. The molecule has 0 fully saturated rings. The molecule has 0 saturated heterocycles. The number of nitrogens with zero attached hydrogens (tertiary/aromatic N) is 1. The van der Waals surface area contributed by atoms with Crippen molar-refractivity contribution in [3.8, 4) is 11.1 Å². The molecule has 0 aliphatic carbocycles. The highest BCUT2D eigenvalue weighted by Crippen LogP contribution is 2.47. The Morgan fingerprint density at radius 1 is 0.362 bits per heavy atom. The average Bonchev–Trinajstić information content (AvgIpc) is 3.71. The summed E-state index contributed by atoms with van der Waals surface area (Å²) >= 11 is 0. The maximum atomic E-state index is 6.38. The van der Waals surface area contributed by atoms with Crippen molar-refractivity contribution in [3.63, 3.8) is 0 Å². The molecule has 0 aliphatic heterocycles. The molecule has 3 heteroatoms. The number of hydrogen-bond donors (Lipinski definition) is 0. The van der Waals surface area contributed by atoms with Crippen LogP contribution < -0.4 is 4.90 Å². The maximum absolute atomic E-state index is 6.38.